The normalized spacial score (nSPS) is 11.9. The molecule has 3 N–H and O–H groups in total. The fourth-order valence-electron chi connectivity index (χ4n) is 1.49. The lowest BCUT2D eigenvalue weighted by Gasteiger charge is -2.14. The Morgan fingerprint density at radius 1 is 1.61 bits per heavy atom. The van der Waals surface area contributed by atoms with Gasteiger partial charge in [0.05, 0.1) is 10.9 Å². The van der Waals surface area contributed by atoms with Crippen LogP contribution in [0.15, 0.2) is 22.7 Å². The van der Waals surface area contributed by atoms with E-state index in [0.717, 1.165) is 20.2 Å². The van der Waals surface area contributed by atoms with Gasteiger partial charge < -0.3 is 11.1 Å². The number of hydrogen-bond acceptors (Lipinski definition) is 2. The van der Waals surface area contributed by atoms with Gasteiger partial charge in [0.1, 0.15) is 0 Å². The molecule has 0 bridgehead atoms. The van der Waals surface area contributed by atoms with Gasteiger partial charge in [-0.2, -0.15) is 0 Å². The molecule has 1 aromatic rings. The van der Waals surface area contributed by atoms with E-state index in [1.807, 2.05) is 25.1 Å². The first-order chi connectivity index (χ1) is 8.45. The summed E-state index contributed by atoms with van der Waals surface area (Å²) in [4.78, 5) is 12.3. The minimum absolute atomic E-state index is 0.137. The highest BCUT2D eigenvalue weighted by Gasteiger charge is 2.20. The number of thiocarbonyl (C=S) groups is 1. The summed E-state index contributed by atoms with van der Waals surface area (Å²) < 4.78 is 2.04. The summed E-state index contributed by atoms with van der Waals surface area (Å²) in [5, 5.41) is 2.84. The first-order valence-corrected chi connectivity index (χ1v) is 7.79. The van der Waals surface area contributed by atoms with Crippen LogP contribution in [-0.4, -0.2) is 10.9 Å². The van der Waals surface area contributed by atoms with Crippen molar-refractivity contribution in [2.75, 3.05) is 5.32 Å². The molecule has 0 aromatic heterocycles. The number of hydrogen-bond donors (Lipinski definition) is 2. The van der Waals surface area contributed by atoms with Gasteiger partial charge in [-0.25, -0.2) is 0 Å². The monoisotopic (exact) mass is 440 g/mol. The standard InChI is InChI=1S/C12H14BrIN2OS/c1-2-3-8(11(15)18)12(17)16-7-4-5-9(13)10(14)6-7/h4-6,8H,2-3H2,1H3,(H2,15,18)(H,16,17). The predicted molar refractivity (Wildman–Crippen MR) is 90.7 cm³/mol. The molecule has 1 aromatic carbocycles. The van der Waals surface area contributed by atoms with E-state index in [1.54, 1.807) is 0 Å². The van der Waals surface area contributed by atoms with E-state index < -0.39 is 5.92 Å². The largest absolute Gasteiger partial charge is 0.393 e. The van der Waals surface area contributed by atoms with Gasteiger partial charge in [0.25, 0.3) is 0 Å². The van der Waals surface area contributed by atoms with E-state index in [-0.39, 0.29) is 10.9 Å². The maximum absolute atomic E-state index is 12.0. The molecule has 0 fully saturated rings. The molecule has 1 unspecified atom stereocenters. The molecule has 0 saturated heterocycles. The van der Waals surface area contributed by atoms with Gasteiger partial charge in [0, 0.05) is 13.7 Å². The van der Waals surface area contributed by atoms with Crippen LogP contribution in [0.5, 0.6) is 0 Å². The number of benzene rings is 1. The molecule has 1 amide bonds. The molecule has 0 aliphatic carbocycles. The number of carbonyl (C=O) groups is 1. The first kappa shape index (κ1) is 15.8. The molecule has 98 valence electrons. The Bertz CT molecular complexity index is 467. The van der Waals surface area contributed by atoms with Crippen molar-refractivity contribution >= 4 is 67.3 Å². The van der Waals surface area contributed by atoms with Crippen molar-refractivity contribution < 1.29 is 4.79 Å². The number of nitrogens with two attached hydrogens (primary N) is 1. The third kappa shape index (κ3) is 4.47. The third-order valence-corrected chi connectivity index (χ3v) is 5.03. The Hall–Kier alpha value is -0.210. The predicted octanol–water partition coefficient (Wildman–Crippen LogP) is 3.69. The van der Waals surface area contributed by atoms with Gasteiger partial charge in [0.15, 0.2) is 0 Å². The topological polar surface area (TPSA) is 55.1 Å². The van der Waals surface area contributed by atoms with E-state index in [9.17, 15) is 4.79 Å². The van der Waals surface area contributed by atoms with Gasteiger partial charge in [0.2, 0.25) is 5.91 Å². The van der Waals surface area contributed by atoms with E-state index in [0.29, 0.717) is 6.42 Å². The molecular formula is C12H14BrIN2OS. The van der Waals surface area contributed by atoms with Crippen LogP contribution in [0, 0.1) is 9.49 Å². The molecule has 0 spiro atoms. The lowest BCUT2D eigenvalue weighted by Crippen LogP contribution is -2.33. The van der Waals surface area contributed by atoms with Crippen LogP contribution in [0.3, 0.4) is 0 Å². The minimum atomic E-state index is -0.397. The molecule has 6 heteroatoms. The van der Waals surface area contributed by atoms with Crippen molar-refractivity contribution in [2.45, 2.75) is 19.8 Å². The number of rotatable bonds is 5. The molecule has 0 radical (unpaired) electrons. The van der Waals surface area contributed by atoms with Crippen LogP contribution < -0.4 is 11.1 Å². The second-order valence-electron chi connectivity index (χ2n) is 3.86. The summed E-state index contributed by atoms with van der Waals surface area (Å²) in [7, 11) is 0. The Morgan fingerprint density at radius 3 is 2.78 bits per heavy atom. The maximum atomic E-state index is 12.0. The Kier molecular flexibility index (Phi) is 6.51. The average Bonchev–Trinajstić information content (AvgIpc) is 2.30. The van der Waals surface area contributed by atoms with Gasteiger partial charge in [-0.3, -0.25) is 4.79 Å². The van der Waals surface area contributed by atoms with Gasteiger partial charge in [-0.1, -0.05) is 25.6 Å². The maximum Gasteiger partial charge on any atom is 0.234 e. The van der Waals surface area contributed by atoms with Crippen LogP contribution in [0.1, 0.15) is 19.8 Å². The van der Waals surface area contributed by atoms with Crippen molar-refractivity contribution in [1.82, 2.24) is 0 Å². The molecule has 0 heterocycles. The quantitative estimate of drug-likeness (QED) is 0.542. The lowest BCUT2D eigenvalue weighted by atomic mass is 10.0. The van der Waals surface area contributed by atoms with E-state index in [1.165, 1.54) is 0 Å². The Labute approximate surface area is 134 Å². The van der Waals surface area contributed by atoms with Crippen molar-refractivity contribution in [2.24, 2.45) is 11.7 Å². The van der Waals surface area contributed by atoms with Crippen LogP contribution in [-0.2, 0) is 4.79 Å². The summed E-state index contributed by atoms with van der Waals surface area (Å²) in [5.41, 5.74) is 6.35. The van der Waals surface area contributed by atoms with Crippen molar-refractivity contribution in [3.05, 3.63) is 26.2 Å². The molecule has 1 atom stereocenters. The van der Waals surface area contributed by atoms with E-state index in [4.69, 9.17) is 18.0 Å². The van der Waals surface area contributed by atoms with Gasteiger partial charge in [-0.15, -0.1) is 0 Å². The summed E-state index contributed by atoms with van der Waals surface area (Å²) in [5.74, 6) is -0.534. The van der Waals surface area contributed by atoms with E-state index >= 15 is 0 Å². The van der Waals surface area contributed by atoms with Crippen LogP contribution in [0.25, 0.3) is 0 Å². The van der Waals surface area contributed by atoms with Gasteiger partial charge >= 0.3 is 0 Å². The number of anilines is 1. The molecular weight excluding hydrogens is 427 g/mol. The second kappa shape index (κ2) is 7.40. The smallest absolute Gasteiger partial charge is 0.234 e. The zero-order chi connectivity index (χ0) is 13.7. The highest BCUT2D eigenvalue weighted by molar-refractivity contribution is 14.1. The van der Waals surface area contributed by atoms with E-state index in [2.05, 4.69) is 43.8 Å². The summed E-state index contributed by atoms with van der Waals surface area (Å²) >= 11 is 10.5. The number of nitrogens with one attached hydrogen (secondary N) is 1. The summed E-state index contributed by atoms with van der Waals surface area (Å²) in [6, 6.07) is 5.63. The zero-order valence-corrected chi connectivity index (χ0v) is 14.4. The third-order valence-electron chi connectivity index (χ3n) is 2.42. The second-order valence-corrected chi connectivity index (χ2v) is 6.35. The average molecular weight is 441 g/mol. The molecule has 1 rings (SSSR count). The molecule has 0 aliphatic heterocycles. The number of halogens is 2. The summed E-state index contributed by atoms with van der Waals surface area (Å²) in [6.07, 6.45) is 1.54. The van der Waals surface area contributed by atoms with Crippen molar-refractivity contribution in [1.29, 1.82) is 0 Å². The zero-order valence-electron chi connectivity index (χ0n) is 9.87. The Morgan fingerprint density at radius 2 is 2.28 bits per heavy atom. The fourth-order valence-corrected chi connectivity index (χ4v) is 2.48. The van der Waals surface area contributed by atoms with Crippen LogP contribution >= 0.6 is 50.7 Å². The fraction of sp³-hybridized carbons (Fsp3) is 0.333. The Balaban J connectivity index is 2.79. The van der Waals surface area contributed by atoms with Crippen LogP contribution in [0.2, 0.25) is 0 Å². The minimum Gasteiger partial charge on any atom is -0.393 e. The molecule has 3 nitrogen and oxygen atoms in total. The highest BCUT2D eigenvalue weighted by atomic mass is 127. The van der Waals surface area contributed by atoms with Crippen molar-refractivity contribution in [3.63, 3.8) is 0 Å². The first-order valence-electron chi connectivity index (χ1n) is 5.51. The summed E-state index contributed by atoms with van der Waals surface area (Å²) in [6.45, 7) is 2.00. The number of amides is 1. The lowest BCUT2D eigenvalue weighted by molar-refractivity contribution is -0.118. The molecule has 0 saturated carbocycles. The molecule has 0 aliphatic rings. The van der Waals surface area contributed by atoms with Crippen molar-refractivity contribution in [3.8, 4) is 0 Å². The number of carbonyl (C=O) groups excluding carboxylic acids is 1. The molecule has 18 heavy (non-hydrogen) atoms. The van der Waals surface area contributed by atoms with Crippen LogP contribution in [0.4, 0.5) is 5.69 Å². The van der Waals surface area contributed by atoms with Gasteiger partial charge in [-0.05, 0) is 63.1 Å². The SMILES string of the molecule is CCCC(C(=O)Nc1ccc(Br)c(I)c1)C(N)=S. The highest BCUT2D eigenvalue weighted by Crippen LogP contribution is 2.23.